The number of hydrogen-bond donors (Lipinski definition) is 0. The third-order valence-corrected chi connectivity index (χ3v) is 4.69. The van der Waals surface area contributed by atoms with Crippen LogP contribution in [-0.4, -0.2) is 6.67 Å². The van der Waals surface area contributed by atoms with Crippen molar-refractivity contribution in [3.63, 3.8) is 0 Å². The van der Waals surface area contributed by atoms with Crippen LogP contribution in [0.15, 0.2) is 0 Å². The summed E-state index contributed by atoms with van der Waals surface area (Å²) in [5.74, 6) is 1.88. The topological polar surface area (TPSA) is 0 Å². The number of alkyl halides is 1. The maximum absolute atomic E-state index is 13.2. The molecule has 0 atom stereocenters. The molecule has 0 aromatic heterocycles. The summed E-state index contributed by atoms with van der Waals surface area (Å²) in [4.78, 5) is 0. The van der Waals surface area contributed by atoms with Crippen LogP contribution >= 0.6 is 0 Å². The quantitative estimate of drug-likeness (QED) is 0.634. The lowest BCUT2D eigenvalue weighted by Crippen LogP contribution is -2.28. The van der Waals surface area contributed by atoms with E-state index in [2.05, 4.69) is 0 Å². The normalized spacial score (nSPS) is 26.0. The molecule has 2 aliphatic carbocycles. The molecule has 15 heavy (non-hydrogen) atoms. The first-order valence-corrected chi connectivity index (χ1v) is 6.98. The van der Waals surface area contributed by atoms with Gasteiger partial charge >= 0.3 is 0 Å². The molecule has 0 heterocycles. The SMILES string of the molecule is FCC(C1CCCCC1)C1CCCCC1. The summed E-state index contributed by atoms with van der Waals surface area (Å²) in [6.07, 6.45) is 13.4. The molecule has 2 fully saturated rings. The van der Waals surface area contributed by atoms with Crippen molar-refractivity contribution in [3.8, 4) is 0 Å². The van der Waals surface area contributed by atoms with E-state index in [0.717, 1.165) is 11.8 Å². The highest BCUT2D eigenvalue weighted by atomic mass is 19.1. The molecule has 88 valence electrons. The van der Waals surface area contributed by atoms with Gasteiger partial charge < -0.3 is 0 Å². The minimum absolute atomic E-state index is 0.0463. The first kappa shape index (κ1) is 11.4. The Bertz CT molecular complexity index is 148. The van der Waals surface area contributed by atoms with Gasteiger partial charge in [-0.3, -0.25) is 4.39 Å². The molecule has 2 saturated carbocycles. The van der Waals surface area contributed by atoms with Gasteiger partial charge in [-0.1, -0.05) is 64.2 Å². The molecule has 0 aromatic carbocycles. The zero-order valence-corrected chi connectivity index (χ0v) is 9.89. The number of rotatable bonds is 3. The molecular weight excluding hydrogens is 187 g/mol. The summed E-state index contributed by atoms with van der Waals surface area (Å²) in [7, 11) is 0. The molecule has 0 bridgehead atoms. The Balaban J connectivity index is 1.88. The van der Waals surface area contributed by atoms with Gasteiger partial charge in [0, 0.05) is 0 Å². The molecule has 2 rings (SSSR count). The summed E-state index contributed by atoms with van der Waals surface area (Å²) in [6, 6.07) is 0. The van der Waals surface area contributed by atoms with E-state index in [1.807, 2.05) is 0 Å². The fraction of sp³-hybridized carbons (Fsp3) is 1.00. The summed E-state index contributed by atoms with van der Waals surface area (Å²) >= 11 is 0. The fourth-order valence-corrected chi connectivity index (χ4v) is 3.76. The Morgan fingerprint density at radius 3 is 1.47 bits per heavy atom. The summed E-state index contributed by atoms with van der Waals surface area (Å²) in [5, 5.41) is 0. The Labute approximate surface area is 93.6 Å². The van der Waals surface area contributed by atoms with E-state index >= 15 is 0 Å². The van der Waals surface area contributed by atoms with Gasteiger partial charge in [-0.2, -0.15) is 0 Å². The number of hydrogen-bond acceptors (Lipinski definition) is 0. The molecule has 0 aromatic rings. The van der Waals surface area contributed by atoms with Gasteiger partial charge in [0.25, 0.3) is 0 Å². The molecule has 0 unspecified atom stereocenters. The predicted molar refractivity (Wildman–Crippen MR) is 62.6 cm³/mol. The van der Waals surface area contributed by atoms with Crippen molar-refractivity contribution in [3.05, 3.63) is 0 Å². The minimum Gasteiger partial charge on any atom is -0.251 e. The van der Waals surface area contributed by atoms with Crippen molar-refractivity contribution < 1.29 is 4.39 Å². The van der Waals surface area contributed by atoms with Crippen molar-refractivity contribution in [2.24, 2.45) is 17.8 Å². The second-order valence-corrected chi connectivity index (χ2v) is 5.61. The summed E-state index contributed by atoms with van der Waals surface area (Å²) in [5.41, 5.74) is 0. The highest BCUT2D eigenvalue weighted by Crippen LogP contribution is 2.39. The van der Waals surface area contributed by atoms with E-state index in [0.29, 0.717) is 5.92 Å². The van der Waals surface area contributed by atoms with E-state index < -0.39 is 0 Å². The van der Waals surface area contributed by atoms with Gasteiger partial charge in [-0.05, 0) is 17.8 Å². The third-order valence-electron chi connectivity index (χ3n) is 4.69. The van der Waals surface area contributed by atoms with Gasteiger partial charge in [0.15, 0.2) is 0 Å². The molecule has 0 amide bonds. The standard InChI is InChI=1S/C14H25F/c15-11-14(12-7-3-1-4-8-12)13-9-5-2-6-10-13/h12-14H,1-11H2. The van der Waals surface area contributed by atoms with Gasteiger partial charge in [0.1, 0.15) is 0 Å². The minimum atomic E-state index is -0.0463. The maximum atomic E-state index is 13.2. The zero-order chi connectivity index (χ0) is 10.5. The highest BCUT2D eigenvalue weighted by Gasteiger charge is 2.31. The van der Waals surface area contributed by atoms with Crippen LogP contribution in [0.1, 0.15) is 64.2 Å². The van der Waals surface area contributed by atoms with Crippen LogP contribution in [0.25, 0.3) is 0 Å². The fourth-order valence-electron chi connectivity index (χ4n) is 3.76. The molecule has 0 aliphatic heterocycles. The largest absolute Gasteiger partial charge is 0.251 e. The molecule has 0 saturated heterocycles. The van der Waals surface area contributed by atoms with Crippen molar-refractivity contribution in [1.29, 1.82) is 0 Å². The first-order valence-electron chi connectivity index (χ1n) is 6.98. The van der Waals surface area contributed by atoms with E-state index in [1.165, 1.54) is 64.2 Å². The van der Waals surface area contributed by atoms with Gasteiger partial charge in [-0.15, -0.1) is 0 Å². The summed E-state index contributed by atoms with van der Waals surface area (Å²) in [6.45, 7) is -0.0463. The van der Waals surface area contributed by atoms with Crippen LogP contribution in [0.2, 0.25) is 0 Å². The van der Waals surface area contributed by atoms with Crippen LogP contribution in [0.4, 0.5) is 4.39 Å². The van der Waals surface area contributed by atoms with Crippen LogP contribution in [-0.2, 0) is 0 Å². The molecule has 0 radical (unpaired) electrons. The van der Waals surface area contributed by atoms with Gasteiger partial charge in [0.2, 0.25) is 0 Å². The van der Waals surface area contributed by atoms with Crippen molar-refractivity contribution in [2.75, 3.05) is 6.67 Å². The lowest BCUT2D eigenvalue weighted by atomic mass is 9.70. The van der Waals surface area contributed by atoms with Crippen LogP contribution in [0.5, 0.6) is 0 Å². The molecule has 0 spiro atoms. The smallest absolute Gasteiger partial charge is 0.0927 e. The molecule has 0 N–H and O–H groups in total. The van der Waals surface area contributed by atoms with Crippen molar-refractivity contribution in [2.45, 2.75) is 64.2 Å². The second-order valence-electron chi connectivity index (χ2n) is 5.61. The highest BCUT2D eigenvalue weighted by molar-refractivity contribution is 4.81. The van der Waals surface area contributed by atoms with E-state index in [9.17, 15) is 4.39 Å². The predicted octanol–water partition coefficient (Wildman–Crippen LogP) is 4.73. The molecule has 0 nitrogen and oxygen atoms in total. The lowest BCUT2D eigenvalue weighted by Gasteiger charge is -2.36. The molecule has 1 heteroatoms. The molecule has 2 aliphatic rings. The monoisotopic (exact) mass is 212 g/mol. The van der Waals surface area contributed by atoms with E-state index in [1.54, 1.807) is 0 Å². The van der Waals surface area contributed by atoms with Crippen LogP contribution in [0, 0.1) is 17.8 Å². The van der Waals surface area contributed by atoms with Gasteiger partial charge in [0.05, 0.1) is 6.67 Å². The Morgan fingerprint density at radius 2 is 1.13 bits per heavy atom. The van der Waals surface area contributed by atoms with Crippen LogP contribution in [0.3, 0.4) is 0 Å². The van der Waals surface area contributed by atoms with Crippen LogP contribution < -0.4 is 0 Å². The van der Waals surface area contributed by atoms with Crippen molar-refractivity contribution >= 4 is 0 Å². The third kappa shape index (κ3) is 2.95. The first-order chi connectivity index (χ1) is 7.42. The average molecular weight is 212 g/mol. The summed E-state index contributed by atoms with van der Waals surface area (Å²) < 4.78 is 13.2. The lowest BCUT2D eigenvalue weighted by molar-refractivity contribution is 0.116. The average Bonchev–Trinajstić information content (AvgIpc) is 2.33. The number of halogens is 1. The maximum Gasteiger partial charge on any atom is 0.0927 e. The zero-order valence-electron chi connectivity index (χ0n) is 9.89. The van der Waals surface area contributed by atoms with Gasteiger partial charge in [-0.25, -0.2) is 0 Å². The van der Waals surface area contributed by atoms with Crippen molar-refractivity contribution in [1.82, 2.24) is 0 Å². The second kappa shape index (κ2) is 5.86. The Hall–Kier alpha value is -0.0700. The van der Waals surface area contributed by atoms with E-state index in [-0.39, 0.29) is 6.67 Å². The Morgan fingerprint density at radius 1 is 0.733 bits per heavy atom. The Kier molecular flexibility index (Phi) is 4.46. The molecular formula is C14H25F. The van der Waals surface area contributed by atoms with E-state index in [4.69, 9.17) is 0 Å².